The summed E-state index contributed by atoms with van der Waals surface area (Å²) in [5.74, 6) is 3.20. The molecular weight excluding hydrogens is 521 g/mol. The highest BCUT2D eigenvalue weighted by Crippen LogP contribution is 2.64. The van der Waals surface area contributed by atoms with Crippen LogP contribution in [0.5, 0.6) is 0 Å². The van der Waals surface area contributed by atoms with Gasteiger partial charge in [-0.2, -0.15) is 0 Å². The van der Waals surface area contributed by atoms with Crippen LogP contribution in [-0.2, 0) is 26.2 Å². The molecule has 1 aliphatic heterocycles. The number of hydrogen-bond acceptors (Lipinski definition) is 6. The Morgan fingerprint density at radius 3 is 2.42 bits per heavy atom. The molecule has 2 bridgehead atoms. The van der Waals surface area contributed by atoms with Crippen molar-refractivity contribution in [3.63, 3.8) is 0 Å². The Bertz CT molecular complexity index is 772. The monoisotopic (exact) mass is 572 g/mol. The van der Waals surface area contributed by atoms with E-state index in [1.165, 1.54) is 19.3 Å². The Morgan fingerprint density at radius 1 is 1.06 bits per heavy atom. The Morgan fingerprint density at radius 2 is 1.81 bits per heavy atom. The Kier molecular flexibility index (Phi) is 9.35. The SMILES string of the molecule is CCC1(COCCC[Si](C)(O[Si](C)(C)OC)O[Si](C)(O[SiH](C)C)C2CC3CC2C2C=CCC32)COC1. The van der Waals surface area contributed by atoms with Crippen molar-refractivity contribution in [2.75, 3.05) is 33.5 Å². The summed E-state index contributed by atoms with van der Waals surface area (Å²) in [6.07, 6.45) is 11.0. The Hall–Kier alpha value is 0.368. The van der Waals surface area contributed by atoms with Crippen LogP contribution in [0, 0.1) is 29.1 Å². The van der Waals surface area contributed by atoms with Crippen molar-refractivity contribution < 1.29 is 26.2 Å². The average Bonchev–Trinajstić information content (AvgIpc) is 3.48. The van der Waals surface area contributed by atoms with Crippen LogP contribution in [0.4, 0.5) is 0 Å². The van der Waals surface area contributed by atoms with Crippen LogP contribution < -0.4 is 0 Å². The van der Waals surface area contributed by atoms with Crippen LogP contribution in [0.25, 0.3) is 0 Å². The van der Waals surface area contributed by atoms with Crippen LogP contribution in [-0.4, -0.2) is 68.3 Å². The molecule has 0 aromatic rings. The van der Waals surface area contributed by atoms with E-state index >= 15 is 0 Å². The molecule has 4 rings (SSSR count). The summed E-state index contributed by atoms with van der Waals surface area (Å²) in [5, 5.41) is 0. The van der Waals surface area contributed by atoms with E-state index < -0.39 is 34.7 Å². The molecule has 7 atom stereocenters. The summed E-state index contributed by atoms with van der Waals surface area (Å²) in [6.45, 7) is 19.0. The zero-order valence-electron chi connectivity index (χ0n) is 24.1. The first-order valence-corrected chi connectivity index (χ1v) is 24.9. The summed E-state index contributed by atoms with van der Waals surface area (Å²) in [6, 6.07) is 0.917. The second kappa shape index (κ2) is 11.5. The molecule has 1 heterocycles. The topological polar surface area (TPSA) is 55.4 Å². The zero-order chi connectivity index (χ0) is 26.2. The standard InChI is InChI=1S/C26H52O6Si4/c1-9-26(19-29-20-26)18-28-14-11-15-35(7,31-34(5,6)27-2)32-36(8,30-33(3)4)25-17-21-16-24(25)23-13-10-12-22(21)23/h10,13,21-25,33H,9,11-12,14-20H2,1-8H3. The van der Waals surface area contributed by atoms with Crippen LogP contribution >= 0.6 is 0 Å². The van der Waals surface area contributed by atoms with E-state index in [4.69, 9.17) is 26.2 Å². The summed E-state index contributed by atoms with van der Waals surface area (Å²) >= 11 is 0. The fraction of sp³-hybridized carbons (Fsp3) is 0.923. The van der Waals surface area contributed by atoms with E-state index in [0.717, 1.165) is 69.0 Å². The lowest BCUT2D eigenvalue weighted by molar-refractivity contribution is -0.150. The van der Waals surface area contributed by atoms with Gasteiger partial charge in [0.15, 0.2) is 9.04 Å². The van der Waals surface area contributed by atoms with Crippen molar-refractivity contribution in [3.05, 3.63) is 12.2 Å². The molecule has 6 nitrogen and oxygen atoms in total. The molecule has 0 amide bonds. The van der Waals surface area contributed by atoms with E-state index in [0.29, 0.717) is 5.54 Å². The summed E-state index contributed by atoms with van der Waals surface area (Å²) < 4.78 is 38.8. The Balaban J connectivity index is 1.45. The molecule has 208 valence electrons. The second-order valence-corrected chi connectivity index (χ2v) is 26.5. The fourth-order valence-electron chi connectivity index (χ4n) is 7.48. The maximum atomic E-state index is 7.38. The van der Waals surface area contributed by atoms with Gasteiger partial charge in [-0.1, -0.05) is 19.1 Å². The lowest BCUT2D eigenvalue weighted by Gasteiger charge is -2.47. The highest BCUT2D eigenvalue weighted by Gasteiger charge is 2.61. The van der Waals surface area contributed by atoms with E-state index in [-0.39, 0.29) is 5.41 Å². The molecule has 0 radical (unpaired) electrons. The van der Waals surface area contributed by atoms with Gasteiger partial charge < -0.3 is 26.2 Å². The summed E-state index contributed by atoms with van der Waals surface area (Å²) in [7, 11) is -6.82. The predicted octanol–water partition coefficient (Wildman–Crippen LogP) is 5.95. The third-order valence-corrected chi connectivity index (χ3v) is 24.5. The summed E-state index contributed by atoms with van der Waals surface area (Å²) in [4.78, 5) is 0. The average molecular weight is 573 g/mol. The minimum Gasteiger partial charge on any atom is -0.439 e. The summed E-state index contributed by atoms with van der Waals surface area (Å²) in [5.41, 5.74) is 0.803. The first-order valence-electron chi connectivity index (χ1n) is 14.4. The van der Waals surface area contributed by atoms with Crippen molar-refractivity contribution in [1.82, 2.24) is 0 Å². The van der Waals surface area contributed by atoms with Crippen molar-refractivity contribution in [2.24, 2.45) is 29.1 Å². The highest BCUT2D eigenvalue weighted by molar-refractivity contribution is 6.87. The molecule has 10 heteroatoms. The van der Waals surface area contributed by atoms with E-state index in [1.807, 2.05) is 0 Å². The van der Waals surface area contributed by atoms with Crippen LogP contribution in [0.3, 0.4) is 0 Å². The van der Waals surface area contributed by atoms with Crippen molar-refractivity contribution in [1.29, 1.82) is 0 Å². The Labute approximate surface area is 225 Å². The molecule has 0 N–H and O–H groups in total. The number of rotatable bonds is 15. The first-order chi connectivity index (χ1) is 16.9. The maximum Gasteiger partial charge on any atom is 0.322 e. The number of hydrogen-bond donors (Lipinski definition) is 0. The van der Waals surface area contributed by atoms with Gasteiger partial charge in [-0.3, -0.25) is 0 Å². The first kappa shape index (κ1) is 29.4. The smallest absolute Gasteiger partial charge is 0.322 e. The van der Waals surface area contributed by atoms with E-state index in [1.54, 1.807) is 7.11 Å². The molecular formula is C26H52O6Si4. The van der Waals surface area contributed by atoms with Crippen molar-refractivity contribution >= 4 is 34.7 Å². The van der Waals surface area contributed by atoms with Gasteiger partial charge in [0.1, 0.15) is 0 Å². The molecule has 7 unspecified atom stereocenters. The van der Waals surface area contributed by atoms with Crippen molar-refractivity contribution in [2.45, 2.75) is 89.9 Å². The second-order valence-electron chi connectivity index (χ2n) is 13.0. The quantitative estimate of drug-likeness (QED) is 0.137. The van der Waals surface area contributed by atoms with Crippen LogP contribution in [0.1, 0.15) is 39.0 Å². The zero-order valence-corrected chi connectivity index (χ0v) is 28.3. The van der Waals surface area contributed by atoms with Gasteiger partial charge in [0, 0.05) is 24.7 Å². The van der Waals surface area contributed by atoms with Crippen LogP contribution in [0.15, 0.2) is 12.2 Å². The number of fused-ring (bicyclic) bond motifs is 5. The van der Waals surface area contributed by atoms with Gasteiger partial charge >= 0.3 is 25.7 Å². The van der Waals surface area contributed by atoms with Gasteiger partial charge in [-0.05, 0) is 101 Å². The molecule has 1 saturated heterocycles. The minimum absolute atomic E-state index is 0.230. The molecule has 4 aliphatic rings. The largest absolute Gasteiger partial charge is 0.439 e. The lowest BCUT2D eigenvalue weighted by Crippen LogP contribution is -2.60. The highest BCUT2D eigenvalue weighted by atomic mass is 28.5. The molecule has 0 aromatic heterocycles. The molecule has 2 saturated carbocycles. The normalized spacial score (nSPS) is 34.0. The number of ether oxygens (including phenoxy) is 2. The minimum atomic E-state index is -2.56. The van der Waals surface area contributed by atoms with Gasteiger partial charge in [-0.15, -0.1) is 0 Å². The molecule has 3 fully saturated rings. The molecule has 0 aromatic carbocycles. The fourth-order valence-corrected chi connectivity index (χ4v) is 25.1. The van der Waals surface area contributed by atoms with Gasteiger partial charge in [0.2, 0.25) is 0 Å². The van der Waals surface area contributed by atoms with E-state index in [2.05, 4.69) is 58.4 Å². The molecule has 0 spiro atoms. The molecule has 3 aliphatic carbocycles. The lowest BCUT2D eigenvalue weighted by atomic mass is 9.81. The number of allylic oxidation sites excluding steroid dienone is 2. The third kappa shape index (κ3) is 6.39. The van der Waals surface area contributed by atoms with E-state index in [9.17, 15) is 0 Å². The van der Waals surface area contributed by atoms with Gasteiger partial charge in [0.05, 0.1) is 19.8 Å². The van der Waals surface area contributed by atoms with Crippen LogP contribution in [0.2, 0.25) is 50.9 Å². The van der Waals surface area contributed by atoms with Gasteiger partial charge in [0.25, 0.3) is 0 Å². The molecule has 36 heavy (non-hydrogen) atoms. The third-order valence-electron chi connectivity index (χ3n) is 9.42. The predicted molar refractivity (Wildman–Crippen MR) is 154 cm³/mol. The van der Waals surface area contributed by atoms with Crippen molar-refractivity contribution in [3.8, 4) is 0 Å². The van der Waals surface area contributed by atoms with Gasteiger partial charge in [-0.25, -0.2) is 0 Å². The maximum absolute atomic E-state index is 7.38.